The van der Waals surface area contributed by atoms with E-state index in [1.807, 2.05) is 37.3 Å². The molecule has 0 aliphatic rings. The summed E-state index contributed by atoms with van der Waals surface area (Å²) in [6.45, 7) is 1.69. The highest BCUT2D eigenvalue weighted by Gasteiger charge is 2.20. The second-order valence-electron chi connectivity index (χ2n) is 4.81. The van der Waals surface area contributed by atoms with Crippen molar-refractivity contribution >= 4 is 33.2 Å². The lowest BCUT2D eigenvalue weighted by Crippen LogP contribution is -2.35. The summed E-state index contributed by atoms with van der Waals surface area (Å²) in [7, 11) is 0. The van der Waals surface area contributed by atoms with Crippen LogP contribution in [0.1, 0.15) is 23.0 Å². The van der Waals surface area contributed by atoms with Crippen molar-refractivity contribution in [2.24, 2.45) is 0 Å². The van der Waals surface area contributed by atoms with Crippen molar-refractivity contribution in [3.05, 3.63) is 45.7 Å². The smallest absolute Gasteiger partial charge is 0.264 e. The Morgan fingerprint density at radius 3 is 2.50 bits per heavy atom. The molecule has 0 radical (unpaired) electrons. The molecule has 118 valence electrons. The molecular formula is C16H16BrF2NOS. The fourth-order valence-corrected chi connectivity index (χ4v) is 3.33. The third kappa shape index (κ3) is 4.36. The van der Waals surface area contributed by atoms with Gasteiger partial charge in [-0.2, -0.15) is 0 Å². The van der Waals surface area contributed by atoms with E-state index in [-0.39, 0.29) is 5.91 Å². The summed E-state index contributed by atoms with van der Waals surface area (Å²) in [4.78, 5) is 15.0. The van der Waals surface area contributed by atoms with Gasteiger partial charge in [-0.3, -0.25) is 4.79 Å². The Morgan fingerprint density at radius 2 is 1.91 bits per heavy atom. The first-order valence-electron chi connectivity index (χ1n) is 6.94. The molecule has 1 heterocycles. The monoisotopic (exact) mass is 387 g/mol. The van der Waals surface area contributed by atoms with E-state index in [4.69, 9.17) is 0 Å². The predicted molar refractivity (Wildman–Crippen MR) is 89.7 cm³/mol. The Kier molecular flexibility index (Phi) is 6.08. The highest BCUT2D eigenvalue weighted by atomic mass is 79.9. The molecule has 1 aromatic carbocycles. The number of amides is 1. The molecule has 0 unspecified atom stereocenters. The highest BCUT2D eigenvalue weighted by molar-refractivity contribution is 9.10. The number of halogens is 3. The summed E-state index contributed by atoms with van der Waals surface area (Å²) in [5.74, 6) is -0.324. The van der Waals surface area contributed by atoms with E-state index >= 15 is 0 Å². The van der Waals surface area contributed by atoms with Crippen molar-refractivity contribution < 1.29 is 13.6 Å². The third-order valence-electron chi connectivity index (χ3n) is 3.08. The summed E-state index contributed by atoms with van der Waals surface area (Å²) in [6, 6.07) is 11.3. The molecule has 0 fully saturated rings. The SMILES string of the molecule is CCCN(CC(F)F)C(=O)c1ccc(-c2ccc(Br)cc2)s1. The van der Waals surface area contributed by atoms with Crippen LogP contribution < -0.4 is 0 Å². The van der Waals surface area contributed by atoms with E-state index < -0.39 is 13.0 Å². The lowest BCUT2D eigenvalue weighted by molar-refractivity contribution is 0.0559. The van der Waals surface area contributed by atoms with Crippen molar-refractivity contribution in [2.45, 2.75) is 19.8 Å². The molecule has 2 aromatic rings. The standard InChI is InChI=1S/C16H16BrF2NOS/c1-2-9-20(10-15(18)19)16(21)14-8-7-13(22-14)11-3-5-12(17)6-4-11/h3-8,15H,2,9-10H2,1H3. The number of benzene rings is 1. The minimum atomic E-state index is -2.51. The molecule has 0 spiro atoms. The zero-order valence-electron chi connectivity index (χ0n) is 12.1. The largest absolute Gasteiger partial charge is 0.332 e. The van der Waals surface area contributed by atoms with E-state index in [2.05, 4.69) is 15.9 Å². The number of carbonyl (C=O) groups is 1. The number of nitrogens with zero attached hydrogens (tertiary/aromatic N) is 1. The maximum Gasteiger partial charge on any atom is 0.264 e. The van der Waals surface area contributed by atoms with Gasteiger partial charge in [0.15, 0.2) is 0 Å². The zero-order valence-corrected chi connectivity index (χ0v) is 14.5. The predicted octanol–water partition coefficient (Wildman–Crippen LogP) is 5.29. The molecule has 0 saturated heterocycles. The summed E-state index contributed by atoms with van der Waals surface area (Å²) in [5.41, 5.74) is 1.00. The van der Waals surface area contributed by atoms with Crippen LogP contribution in [0.5, 0.6) is 0 Å². The maximum absolute atomic E-state index is 12.6. The maximum atomic E-state index is 12.6. The second kappa shape index (κ2) is 7.83. The molecule has 6 heteroatoms. The van der Waals surface area contributed by atoms with E-state index in [9.17, 15) is 13.6 Å². The van der Waals surface area contributed by atoms with Gasteiger partial charge in [-0.25, -0.2) is 8.78 Å². The molecular weight excluding hydrogens is 372 g/mol. The molecule has 0 aliphatic heterocycles. The average Bonchev–Trinajstić information content (AvgIpc) is 2.96. The lowest BCUT2D eigenvalue weighted by atomic mass is 10.2. The van der Waals surface area contributed by atoms with Gasteiger partial charge in [-0.15, -0.1) is 11.3 Å². The normalized spacial score (nSPS) is 11.0. The van der Waals surface area contributed by atoms with E-state index in [0.717, 1.165) is 14.9 Å². The fourth-order valence-electron chi connectivity index (χ4n) is 2.09. The summed E-state index contributed by atoms with van der Waals surface area (Å²) >= 11 is 4.71. The molecule has 1 amide bonds. The van der Waals surface area contributed by atoms with E-state index in [0.29, 0.717) is 17.8 Å². The van der Waals surface area contributed by atoms with Crippen LogP contribution in [0.25, 0.3) is 10.4 Å². The van der Waals surface area contributed by atoms with Crippen molar-refractivity contribution in [2.75, 3.05) is 13.1 Å². The van der Waals surface area contributed by atoms with Crippen LogP contribution in [0.15, 0.2) is 40.9 Å². The number of hydrogen-bond donors (Lipinski definition) is 0. The Labute approximate surface area is 140 Å². The molecule has 0 bridgehead atoms. The summed E-state index contributed by atoms with van der Waals surface area (Å²) < 4.78 is 26.2. The molecule has 0 atom stereocenters. The van der Waals surface area contributed by atoms with Crippen LogP contribution in [0.2, 0.25) is 0 Å². The molecule has 1 aromatic heterocycles. The molecule has 2 nitrogen and oxygen atoms in total. The van der Waals surface area contributed by atoms with Crippen molar-refractivity contribution in [3.8, 4) is 10.4 Å². The topological polar surface area (TPSA) is 20.3 Å². The van der Waals surface area contributed by atoms with Crippen molar-refractivity contribution in [3.63, 3.8) is 0 Å². The van der Waals surface area contributed by atoms with Crippen LogP contribution in [0.4, 0.5) is 8.78 Å². The van der Waals surface area contributed by atoms with Crippen molar-refractivity contribution in [1.29, 1.82) is 0 Å². The minimum Gasteiger partial charge on any atom is -0.332 e. The van der Waals surface area contributed by atoms with E-state index in [1.54, 1.807) is 6.07 Å². The first kappa shape index (κ1) is 17.1. The van der Waals surface area contributed by atoms with Crippen molar-refractivity contribution in [1.82, 2.24) is 4.90 Å². The Morgan fingerprint density at radius 1 is 1.23 bits per heavy atom. The van der Waals surface area contributed by atoms with Gasteiger partial charge in [0.2, 0.25) is 0 Å². The first-order chi connectivity index (χ1) is 10.5. The Hall–Kier alpha value is -1.27. The van der Waals surface area contributed by atoms with Crippen LogP contribution in [-0.4, -0.2) is 30.3 Å². The summed E-state index contributed by atoms with van der Waals surface area (Å²) in [6.07, 6.45) is -1.86. The summed E-state index contributed by atoms with van der Waals surface area (Å²) in [5, 5.41) is 0. The number of alkyl halides is 2. The van der Waals surface area contributed by atoms with Crippen LogP contribution >= 0.6 is 27.3 Å². The van der Waals surface area contributed by atoms with Gasteiger partial charge in [0.25, 0.3) is 12.3 Å². The van der Waals surface area contributed by atoms with Gasteiger partial charge < -0.3 is 4.90 Å². The molecule has 0 saturated carbocycles. The number of hydrogen-bond acceptors (Lipinski definition) is 2. The quantitative estimate of drug-likeness (QED) is 0.658. The minimum absolute atomic E-state index is 0.324. The van der Waals surface area contributed by atoms with Gasteiger partial charge in [0, 0.05) is 15.9 Å². The number of thiophene rings is 1. The van der Waals surface area contributed by atoms with Crippen LogP contribution in [0, 0.1) is 0 Å². The molecule has 0 N–H and O–H groups in total. The average molecular weight is 388 g/mol. The molecule has 22 heavy (non-hydrogen) atoms. The van der Waals surface area contributed by atoms with Gasteiger partial charge in [0.1, 0.15) is 0 Å². The Balaban J connectivity index is 2.18. The number of rotatable bonds is 6. The van der Waals surface area contributed by atoms with Crippen LogP contribution in [-0.2, 0) is 0 Å². The number of carbonyl (C=O) groups excluding carboxylic acids is 1. The molecule has 2 rings (SSSR count). The lowest BCUT2D eigenvalue weighted by Gasteiger charge is -2.20. The van der Waals surface area contributed by atoms with Gasteiger partial charge in [0.05, 0.1) is 11.4 Å². The van der Waals surface area contributed by atoms with Gasteiger partial charge in [-0.1, -0.05) is 35.0 Å². The second-order valence-corrected chi connectivity index (χ2v) is 6.81. The van der Waals surface area contributed by atoms with E-state index in [1.165, 1.54) is 16.2 Å². The Bertz CT molecular complexity index is 627. The zero-order chi connectivity index (χ0) is 16.1. The van der Waals surface area contributed by atoms with Crippen LogP contribution in [0.3, 0.4) is 0 Å². The van der Waals surface area contributed by atoms with Gasteiger partial charge in [-0.05, 0) is 36.2 Å². The third-order valence-corrected chi connectivity index (χ3v) is 4.74. The highest BCUT2D eigenvalue weighted by Crippen LogP contribution is 2.30. The fraction of sp³-hybridized carbons (Fsp3) is 0.312. The van der Waals surface area contributed by atoms with Gasteiger partial charge >= 0.3 is 0 Å². The first-order valence-corrected chi connectivity index (χ1v) is 8.55. The molecule has 0 aliphatic carbocycles.